The van der Waals surface area contributed by atoms with Gasteiger partial charge in [-0.25, -0.2) is 9.97 Å². The van der Waals surface area contributed by atoms with Crippen molar-refractivity contribution < 1.29 is 4.39 Å². The van der Waals surface area contributed by atoms with Crippen molar-refractivity contribution in [3.8, 4) is 0 Å². The number of aromatic nitrogens is 2. The van der Waals surface area contributed by atoms with Crippen LogP contribution in [-0.2, 0) is 12.8 Å². The Kier molecular flexibility index (Phi) is 8.31. The summed E-state index contributed by atoms with van der Waals surface area (Å²) in [6.07, 6.45) is 3.93. The van der Waals surface area contributed by atoms with Crippen LogP contribution in [0.2, 0.25) is 0 Å². The van der Waals surface area contributed by atoms with Crippen LogP contribution >= 0.6 is 11.8 Å². The minimum Gasteiger partial charge on any atom is -0.383 e. The Bertz CT molecular complexity index is 578. The Hall–Kier alpha value is -1.36. The van der Waals surface area contributed by atoms with Crippen molar-refractivity contribution in [2.24, 2.45) is 5.92 Å². The van der Waals surface area contributed by atoms with E-state index in [0.717, 1.165) is 29.1 Å². The Balaban J connectivity index is 2.75. The molecule has 1 unspecified atom stereocenters. The molecule has 1 aromatic rings. The van der Waals surface area contributed by atoms with Gasteiger partial charge in [0.05, 0.1) is 6.67 Å². The normalized spacial score (nSPS) is 13.0. The van der Waals surface area contributed by atoms with Crippen LogP contribution in [0.1, 0.15) is 52.4 Å². The van der Waals surface area contributed by atoms with Crippen molar-refractivity contribution in [2.75, 3.05) is 12.4 Å². The second-order valence-electron chi connectivity index (χ2n) is 6.00. The van der Waals surface area contributed by atoms with E-state index in [4.69, 9.17) is 5.73 Å². The van der Waals surface area contributed by atoms with Gasteiger partial charge in [0.15, 0.2) is 0 Å². The lowest BCUT2D eigenvalue weighted by Crippen LogP contribution is -2.08. The number of halogens is 1. The predicted molar refractivity (Wildman–Crippen MR) is 99.0 cm³/mol. The van der Waals surface area contributed by atoms with Gasteiger partial charge in [-0.3, -0.25) is 4.39 Å². The zero-order chi connectivity index (χ0) is 17.4. The number of rotatable bonds is 8. The van der Waals surface area contributed by atoms with Crippen LogP contribution in [0.4, 0.5) is 10.2 Å². The number of thioether (sulfide) groups is 1. The van der Waals surface area contributed by atoms with E-state index in [1.807, 2.05) is 27.0 Å². The number of anilines is 1. The summed E-state index contributed by atoms with van der Waals surface area (Å²) in [5, 5.41) is 2.13. The third-order valence-corrected chi connectivity index (χ3v) is 5.22. The maximum atomic E-state index is 12.6. The van der Waals surface area contributed by atoms with E-state index in [9.17, 15) is 4.39 Å². The maximum Gasteiger partial charge on any atom is 0.130 e. The van der Waals surface area contributed by atoms with Crippen molar-refractivity contribution in [1.29, 1.82) is 0 Å². The van der Waals surface area contributed by atoms with Crippen molar-refractivity contribution in [3.05, 3.63) is 39.0 Å². The van der Waals surface area contributed by atoms with Gasteiger partial charge >= 0.3 is 0 Å². The number of nitrogens with zero attached hydrogens (tertiary/aromatic N) is 2. The quantitative estimate of drug-likeness (QED) is 0.718. The molecule has 23 heavy (non-hydrogen) atoms. The standard InChI is InChI=1S/C18H28FN3S/c1-6-17-21-10-15(18(20)22-17)9-13(4)14(5)11-23-16(7-8-19)12(2)3/h10-11,13H,6-9H2,1-5H3,(H2,20,21,22). The molecule has 0 spiro atoms. The Morgan fingerprint density at radius 3 is 2.61 bits per heavy atom. The van der Waals surface area contributed by atoms with Crippen molar-refractivity contribution >= 4 is 17.6 Å². The van der Waals surface area contributed by atoms with Gasteiger partial charge in [-0.15, -0.1) is 11.8 Å². The Morgan fingerprint density at radius 1 is 1.39 bits per heavy atom. The van der Waals surface area contributed by atoms with Gasteiger partial charge in [0.1, 0.15) is 11.6 Å². The molecule has 1 heterocycles. The van der Waals surface area contributed by atoms with E-state index in [2.05, 4.69) is 29.2 Å². The molecule has 1 atom stereocenters. The van der Waals surface area contributed by atoms with Crippen LogP contribution in [0, 0.1) is 5.92 Å². The summed E-state index contributed by atoms with van der Waals surface area (Å²) < 4.78 is 12.6. The van der Waals surface area contributed by atoms with Gasteiger partial charge in [-0.1, -0.05) is 25.0 Å². The average Bonchev–Trinajstić information content (AvgIpc) is 2.52. The number of aryl methyl sites for hydroxylation is 1. The highest BCUT2D eigenvalue weighted by molar-refractivity contribution is 8.05. The van der Waals surface area contributed by atoms with Crippen LogP contribution in [0.5, 0.6) is 0 Å². The smallest absolute Gasteiger partial charge is 0.130 e. The molecule has 0 radical (unpaired) electrons. The van der Waals surface area contributed by atoms with E-state index in [0.29, 0.717) is 18.2 Å². The zero-order valence-corrected chi connectivity index (χ0v) is 15.6. The fourth-order valence-electron chi connectivity index (χ4n) is 2.07. The number of alkyl halides is 1. The van der Waals surface area contributed by atoms with E-state index in [1.165, 1.54) is 11.1 Å². The van der Waals surface area contributed by atoms with Crippen LogP contribution in [0.15, 0.2) is 27.7 Å². The van der Waals surface area contributed by atoms with Gasteiger partial charge in [0.2, 0.25) is 0 Å². The molecule has 0 saturated carbocycles. The van der Waals surface area contributed by atoms with Crippen molar-refractivity contribution in [1.82, 2.24) is 9.97 Å². The monoisotopic (exact) mass is 337 g/mol. The van der Waals surface area contributed by atoms with Gasteiger partial charge in [-0.05, 0) is 43.4 Å². The van der Waals surface area contributed by atoms with E-state index in [1.54, 1.807) is 11.8 Å². The van der Waals surface area contributed by atoms with Crippen LogP contribution in [0.3, 0.4) is 0 Å². The van der Waals surface area contributed by atoms with Gasteiger partial charge in [0.25, 0.3) is 0 Å². The minimum atomic E-state index is -0.312. The first-order valence-corrected chi connectivity index (χ1v) is 8.92. The first kappa shape index (κ1) is 19.7. The fourth-order valence-corrected chi connectivity index (χ4v) is 3.06. The van der Waals surface area contributed by atoms with Crippen LogP contribution in [-0.4, -0.2) is 16.6 Å². The highest BCUT2D eigenvalue weighted by Gasteiger charge is 2.11. The highest BCUT2D eigenvalue weighted by atomic mass is 32.2. The zero-order valence-electron chi connectivity index (χ0n) is 14.8. The predicted octanol–water partition coefficient (Wildman–Crippen LogP) is 5.09. The third-order valence-electron chi connectivity index (χ3n) is 3.83. The van der Waals surface area contributed by atoms with Crippen molar-refractivity contribution in [2.45, 2.75) is 53.9 Å². The molecule has 1 rings (SSSR count). The average molecular weight is 338 g/mol. The first-order chi connectivity index (χ1) is 10.9. The van der Waals surface area contributed by atoms with Gasteiger partial charge < -0.3 is 5.73 Å². The number of nitrogen functional groups attached to an aromatic ring is 1. The molecule has 1 aromatic heterocycles. The second-order valence-corrected chi connectivity index (χ2v) is 6.96. The molecule has 0 aliphatic rings. The molecule has 0 aliphatic heterocycles. The van der Waals surface area contributed by atoms with Crippen LogP contribution < -0.4 is 5.73 Å². The number of hydrogen-bond donors (Lipinski definition) is 1. The summed E-state index contributed by atoms with van der Waals surface area (Å²) in [4.78, 5) is 9.75. The molecule has 0 saturated heterocycles. The summed E-state index contributed by atoms with van der Waals surface area (Å²) in [5.74, 6) is 1.69. The van der Waals surface area contributed by atoms with E-state index < -0.39 is 0 Å². The topological polar surface area (TPSA) is 51.8 Å². The first-order valence-electron chi connectivity index (χ1n) is 8.04. The molecular formula is C18H28FN3S. The molecule has 0 fully saturated rings. The molecular weight excluding hydrogens is 309 g/mol. The second kappa shape index (κ2) is 9.71. The Morgan fingerprint density at radius 2 is 2.09 bits per heavy atom. The molecule has 0 aromatic carbocycles. The summed E-state index contributed by atoms with van der Waals surface area (Å²) in [7, 11) is 0. The summed E-state index contributed by atoms with van der Waals surface area (Å²) in [5.41, 5.74) is 9.44. The third kappa shape index (κ3) is 6.34. The molecule has 128 valence electrons. The van der Waals surface area contributed by atoms with Crippen LogP contribution in [0.25, 0.3) is 0 Å². The minimum absolute atomic E-state index is 0.312. The largest absolute Gasteiger partial charge is 0.383 e. The molecule has 5 heteroatoms. The number of allylic oxidation sites excluding steroid dienone is 3. The highest BCUT2D eigenvalue weighted by Crippen LogP contribution is 2.28. The lowest BCUT2D eigenvalue weighted by molar-refractivity contribution is 0.498. The lowest BCUT2D eigenvalue weighted by atomic mass is 9.96. The van der Waals surface area contributed by atoms with Gasteiger partial charge in [0, 0.05) is 24.6 Å². The van der Waals surface area contributed by atoms with E-state index >= 15 is 0 Å². The number of hydrogen-bond acceptors (Lipinski definition) is 4. The fraction of sp³-hybridized carbons (Fsp3) is 0.556. The summed E-state index contributed by atoms with van der Waals surface area (Å²) in [6, 6.07) is 0. The number of nitrogens with two attached hydrogens (primary N) is 1. The molecule has 2 N–H and O–H groups in total. The lowest BCUT2D eigenvalue weighted by Gasteiger charge is -2.14. The molecule has 0 aliphatic carbocycles. The van der Waals surface area contributed by atoms with Gasteiger partial charge in [-0.2, -0.15) is 0 Å². The SMILES string of the molecule is CCc1ncc(CC(C)C(C)=CSC(CCF)=C(C)C)c(N)n1. The maximum absolute atomic E-state index is 12.6. The summed E-state index contributed by atoms with van der Waals surface area (Å²) >= 11 is 1.63. The van der Waals surface area contributed by atoms with E-state index in [-0.39, 0.29) is 6.67 Å². The summed E-state index contributed by atoms with van der Waals surface area (Å²) in [6.45, 7) is 10.0. The molecule has 0 bridgehead atoms. The molecule has 0 amide bonds. The van der Waals surface area contributed by atoms with Crippen molar-refractivity contribution in [3.63, 3.8) is 0 Å². The Labute approximate surface area is 143 Å². The molecule has 3 nitrogen and oxygen atoms in total.